The number of likely N-dealkylation sites (tertiary alicyclic amines) is 1. The van der Waals surface area contributed by atoms with Gasteiger partial charge in [-0.05, 0) is 68.1 Å². The zero-order chi connectivity index (χ0) is 23.3. The smallest absolute Gasteiger partial charge is 0.240 e. The van der Waals surface area contributed by atoms with E-state index in [2.05, 4.69) is 10.0 Å². The van der Waals surface area contributed by atoms with Crippen LogP contribution < -0.4 is 15.8 Å². The molecule has 2 amide bonds. The van der Waals surface area contributed by atoms with Crippen molar-refractivity contribution in [2.24, 2.45) is 5.73 Å². The van der Waals surface area contributed by atoms with Gasteiger partial charge in [0.15, 0.2) is 0 Å². The first-order chi connectivity index (χ1) is 15.2. The maximum Gasteiger partial charge on any atom is 0.240 e. The number of anilines is 1. The molecule has 32 heavy (non-hydrogen) atoms. The lowest BCUT2D eigenvalue weighted by Crippen LogP contribution is -2.39. The Labute approximate surface area is 189 Å². The number of hydrogen-bond acceptors (Lipinski definition) is 5. The minimum absolute atomic E-state index is 0.00790. The molecule has 172 valence electrons. The standard InChI is InChI=1S/C23H30N4O4S/c1-16-9-10-19(14-17(16)2)32(30,31)25-12-11-22(28)26-20-7-4-3-6-18(20)15-27-13-5-8-21(27)23(24)29/h3-4,6-7,9-10,14,21,25H,5,8,11-13,15H2,1-2H3,(H2,24,29)(H,26,28). The van der Waals surface area contributed by atoms with Crippen molar-refractivity contribution in [1.82, 2.24) is 9.62 Å². The minimum Gasteiger partial charge on any atom is -0.368 e. The van der Waals surface area contributed by atoms with Crippen molar-refractivity contribution in [2.75, 3.05) is 18.4 Å². The Kier molecular flexibility index (Phi) is 7.65. The van der Waals surface area contributed by atoms with Gasteiger partial charge in [0.25, 0.3) is 0 Å². The zero-order valence-corrected chi connectivity index (χ0v) is 19.2. The largest absolute Gasteiger partial charge is 0.368 e. The molecule has 0 aromatic heterocycles. The van der Waals surface area contributed by atoms with Crippen molar-refractivity contribution in [1.29, 1.82) is 0 Å². The molecule has 1 aliphatic heterocycles. The molecule has 0 bridgehead atoms. The molecule has 1 unspecified atom stereocenters. The van der Waals surface area contributed by atoms with Gasteiger partial charge in [-0.25, -0.2) is 13.1 Å². The predicted molar refractivity (Wildman–Crippen MR) is 123 cm³/mol. The van der Waals surface area contributed by atoms with Crippen molar-refractivity contribution in [2.45, 2.75) is 50.6 Å². The summed E-state index contributed by atoms with van der Waals surface area (Å²) in [4.78, 5) is 26.3. The number of hydrogen-bond donors (Lipinski definition) is 3. The number of para-hydroxylation sites is 1. The Balaban J connectivity index is 1.57. The molecule has 2 aromatic rings. The van der Waals surface area contributed by atoms with E-state index in [0.717, 1.165) is 36.1 Å². The van der Waals surface area contributed by atoms with E-state index < -0.39 is 10.0 Å². The summed E-state index contributed by atoms with van der Waals surface area (Å²) >= 11 is 0. The first kappa shape index (κ1) is 23.9. The number of sulfonamides is 1. The SMILES string of the molecule is Cc1ccc(S(=O)(=O)NCCC(=O)Nc2ccccc2CN2CCCC2C(N)=O)cc1C. The van der Waals surface area contributed by atoms with Crippen LogP contribution in [0.4, 0.5) is 5.69 Å². The molecule has 0 spiro atoms. The number of nitrogens with one attached hydrogen (secondary N) is 2. The fraction of sp³-hybridized carbons (Fsp3) is 0.391. The van der Waals surface area contributed by atoms with Crippen molar-refractivity contribution >= 4 is 27.5 Å². The van der Waals surface area contributed by atoms with Crippen LogP contribution in [0.5, 0.6) is 0 Å². The molecular formula is C23H30N4O4S. The second-order valence-electron chi connectivity index (χ2n) is 8.13. The van der Waals surface area contributed by atoms with E-state index >= 15 is 0 Å². The highest BCUT2D eigenvalue weighted by atomic mass is 32.2. The molecule has 0 saturated carbocycles. The molecule has 1 atom stereocenters. The minimum atomic E-state index is -3.69. The highest BCUT2D eigenvalue weighted by molar-refractivity contribution is 7.89. The number of benzene rings is 2. The van der Waals surface area contributed by atoms with Gasteiger partial charge in [-0.2, -0.15) is 0 Å². The average molecular weight is 459 g/mol. The van der Waals surface area contributed by atoms with Gasteiger partial charge in [-0.15, -0.1) is 0 Å². The lowest BCUT2D eigenvalue weighted by atomic mass is 10.1. The van der Waals surface area contributed by atoms with E-state index in [1.165, 1.54) is 0 Å². The second-order valence-corrected chi connectivity index (χ2v) is 9.90. The van der Waals surface area contributed by atoms with Crippen molar-refractivity contribution in [3.05, 3.63) is 59.2 Å². The van der Waals surface area contributed by atoms with Crippen LogP contribution in [0.15, 0.2) is 47.4 Å². The van der Waals surface area contributed by atoms with Gasteiger partial charge >= 0.3 is 0 Å². The fourth-order valence-electron chi connectivity index (χ4n) is 3.81. The number of primary amides is 1. The van der Waals surface area contributed by atoms with E-state index in [9.17, 15) is 18.0 Å². The Morgan fingerprint density at radius 1 is 1.12 bits per heavy atom. The van der Waals surface area contributed by atoms with E-state index in [-0.39, 0.29) is 35.7 Å². The van der Waals surface area contributed by atoms with Crippen molar-refractivity contribution in [3.63, 3.8) is 0 Å². The number of rotatable bonds is 9. The van der Waals surface area contributed by atoms with Gasteiger partial charge in [-0.1, -0.05) is 24.3 Å². The molecule has 1 saturated heterocycles. The third-order valence-electron chi connectivity index (χ3n) is 5.79. The Bertz CT molecular complexity index is 1100. The van der Waals surface area contributed by atoms with Crippen molar-refractivity contribution < 1.29 is 18.0 Å². The number of amides is 2. The van der Waals surface area contributed by atoms with E-state index in [4.69, 9.17) is 5.73 Å². The first-order valence-corrected chi connectivity index (χ1v) is 12.1. The van der Waals surface area contributed by atoms with Gasteiger partial charge in [-0.3, -0.25) is 14.5 Å². The molecule has 2 aromatic carbocycles. The lowest BCUT2D eigenvalue weighted by Gasteiger charge is -2.23. The van der Waals surface area contributed by atoms with Crippen LogP contribution in [0.2, 0.25) is 0 Å². The number of carbonyl (C=O) groups excluding carboxylic acids is 2. The molecule has 1 aliphatic rings. The highest BCUT2D eigenvalue weighted by Gasteiger charge is 2.29. The maximum atomic E-state index is 12.5. The van der Waals surface area contributed by atoms with Crippen LogP contribution in [0, 0.1) is 13.8 Å². The zero-order valence-electron chi connectivity index (χ0n) is 18.4. The predicted octanol–water partition coefficient (Wildman–Crippen LogP) is 2.06. The van der Waals surface area contributed by atoms with Crippen LogP contribution >= 0.6 is 0 Å². The summed E-state index contributed by atoms with van der Waals surface area (Å²) in [5, 5.41) is 2.85. The summed E-state index contributed by atoms with van der Waals surface area (Å²) in [6, 6.07) is 12.0. The van der Waals surface area contributed by atoms with Crippen LogP contribution in [0.3, 0.4) is 0 Å². The Hall–Kier alpha value is -2.75. The summed E-state index contributed by atoms with van der Waals surface area (Å²) in [7, 11) is -3.69. The summed E-state index contributed by atoms with van der Waals surface area (Å²) in [5.41, 5.74) is 8.92. The molecule has 1 fully saturated rings. The van der Waals surface area contributed by atoms with Gasteiger partial charge in [0.05, 0.1) is 10.9 Å². The van der Waals surface area contributed by atoms with E-state index in [1.807, 2.05) is 36.9 Å². The second kappa shape index (κ2) is 10.2. The summed E-state index contributed by atoms with van der Waals surface area (Å²) in [6.07, 6.45) is 1.64. The van der Waals surface area contributed by atoms with Gasteiger partial charge in [0.2, 0.25) is 21.8 Å². The van der Waals surface area contributed by atoms with Crippen LogP contribution in [-0.2, 0) is 26.2 Å². The van der Waals surface area contributed by atoms with Crippen molar-refractivity contribution in [3.8, 4) is 0 Å². The summed E-state index contributed by atoms with van der Waals surface area (Å²) in [5.74, 6) is -0.631. The Morgan fingerprint density at radius 2 is 1.88 bits per heavy atom. The normalized spacial score (nSPS) is 16.8. The number of nitrogens with zero attached hydrogens (tertiary/aromatic N) is 1. The fourth-order valence-corrected chi connectivity index (χ4v) is 4.93. The molecule has 3 rings (SSSR count). The topological polar surface area (TPSA) is 122 Å². The van der Waals surface area contributed by atoms with Crippen LogP contribution in [-0.4, -0.2) is 44.3 Å². The quantitative estimate of drug-likeness (QED) is 0.531. The van der Waals surface area contributed by atoms with Crippen LogP contribution in [0.25, 0.3) is 0 Å². The third kappa shape index (κ3) is 5.93. The number of carbonyl (C=O) groups is 2. The summed E-state index contributed by atoms with van der Waals surface area (Å²) in [6.45, 7) is 5.03. The molecule has 9 heteroatoms. The monoisotopic (exact) mass is 458 g/mol. The molecule has 0 aliphatic carbocycles. The molecule has 8 nitrogen and oxygen atoms in total. The molecule has 0 radical (unpaired) electrons. The molecule has 4 N–H and O–H groups in total. The first-order valence-electron chi connectivity index (χ1n) is 10.7. The number of aryl methyl sites for hydroxylation is 2. The molecule has 1 heterocycles. The molecular weight excluding hydrogens is 428 g/mol. The van der Waals surface area contributed by atoms with E-state index in [1.54, 1.807) is 24.3 Å². The average Bonchev–Trinajstić information content (AvgIpc) is 3.20. The lowest BCUT2D eigenvalue weighted by molar-refractivity contribution is -0.122. The van der Waals surface area contributed by atoms with Gasteiger partial charge < -0.3 is 11.1 Å². The Morgan fingerprint density at radius 3 is 2.59 bits per heavy atom. The number of nitrogens with two attached hydrogens (primary N) is 1. The maximum absolute atomic E-state index is 12.5. The summed E-state index contributed by atoms with van der Waals surface area (Å²) < 4.78 is 27.4. The van der Waals surface area contributed by atoms with Gasteiger partial charge in [0.1, 0.15) is 0 Å². The highest BCUT2D eigenvalue weighted by Crippen LogP contribution is 2.24. The third-order valence-corrected chi connectivity index (χ3v) is 7.25. The van der Waals surface area contributed by atoms with E-state index in [0.29, 0.717) is 12.2 Å². The van der Waals surface area contributed by atoms with Gasteiger partial charge in [0, 0.05) is 25.2 Å². The van der Waals surface area contributed by atoms with Crippen LogP contribution in [0.1, 0.15) is 36.0 Å².